The van der Waals surface area contributed by atoms with E-state index >= 15 is 0 Å². The Balaban J connectivity index is 3.77. The lowest BCUT2D eigenvalue weighted by atomic mass is 9.91. The molecule has 0 nitrogen and oxygen atoms in total. The first-order valence-corrected chi connectivity index (χ1v) is 3.93. The Hall–Kier alpha value is -0.210. The summed E-state index contributed by atoms with van der Waals surface area (Å²) in [6.07, 6.45) is -3.83. The predicted molar refractivity (Wildman–Crippen MR) is 39.3 cm³/mol. The van der Waals surface area contributed by atoms with E-state index in [9.17, 15) is 13.2 Å². The number of halogens is 3. The molecule has 0 aromatic rings. The molecule has 68 valence electrons. The van der Waals surface area contributed by atoms with E-state index in [4.69, 9.17) is 0 Å². The largest absolute Gasteiger partial charge is 0.389 e. The Morgan fingerprint density at radius 3 is 1.82 bits per heavy atom. The molecule has 0 heterocycles. The predicted octanol–water partition coefficient (Wildman–Crippen LogP) is 3.62. The van der Waals surface area contributed by atoms with Crippen LogP contribution in [0, 0.1) is 11.8 Å². The average Bonchev–Trinajstić information content (AvgIpc) is 1.82. The molecule has 0 aliphatic heterocycles. The van der Waals surface area contributed by atoms with Gasteiger partial charge in [0.1, 0.15) is 0 Å². The van der Waals surface area contributed by atoms with Crippen molar-refractivity contribution in [3.8, 4) is 0 Å². The second-order valence-electron chi connectivity index (χ2n) is 3.18. The van der Waals surface area contributed by atoms with Gasteiger partial charge in [0.15, 0.2) is 0 Å². The highest BCUT2D eigenvalue weighted by atomic mass is 19.4. The number of hydrogen-bond donors (Lipinski definition) is 0. The van der Waals surface area contributed by atoms with Gasteiger partial charge in [-0.05, 0) is 11.8 Å². The molecule has 0 radical (unpaired) electrons. The van der Waals surface area contributed by atoms with Crippen LogP contribution in [0.3, 0.4) is 0 Å². The summed E-state index contributed by atoms with van der Waals surface area (Å²) in [7, 11) is 0. The number of rotatable bonds is 3. The van der Waals surface area contributed by atoms with Crippen LogP contribution in [0.15, 0.2) is 0 Å². The monoisotopic (exact) mass is 168 g/mol. The zero-order valence-corrected chi connectivity index (χ0v) is 7.20. The molecular weight excluding hydrogens is 153 g/mol. The van der Waals surface area contributed by atoms with Crippen LogP contribution in [0.4, 0.5) is 13.2 Å². The highest BCUT2D eigenvalue weighted by Gasteiger charge is 2.31. The first-order valence-electron chi connectivity index (χ1n) is 3.93. The fourth-order valence-corrected chi connectivity index (χ4v) is 0.969. The van der Waals surface area contributed by atoms with E-state index < -0.39 is 12.6 Å². The minimum absolute atomic E-state index is 0.164. The van der Waals surface area contributed by atoms with Crippen molar-refractivity contribution in [1.29, 1.82) is 0 Å². The van der Waals surface area contributed by atoms with Gasteiger partial charge in [-0.15, -0.1) is 0 Å². The molecule has 0 bridgehead atoms. The van der Waals surface area contributed by atoms with Crippen molar-refractivity contribution in [1.82, 2.24) is 0 Å². The minimum Gasteiger partial charge on any atom is -0.171 e. The smallest absolute Gasteiger partial charge is 0.171 e. The van der Waals surface area contributed by atoms with Crippen molar-refractivity contribution in [2.24, 2.45) is 11.8 Å². The van der Waals surface area contributed by atoms with Crippen molar-refractivity contribution in [3.63, 3.8) is 0 Å². The zero-order valence-electron chi connectivity index (χ0n) is 7.20. The molecule has 0 saturated carbocycles. The van der Waals surface area contributed by atoms with E-state index in [0.717, 1.165) is 6.42 Å². The molecule has 11 heavy (non-hydrogen) atoms. The summed E-state index contributed by atoms with van der Waals surface area (Å²) < 4.78 is 35.4. The van der Waals surface area contributed by atoms with E-state index in [1.807, 2.05) is 13.8 Å². The third-order valence-electron chi connectivity index (χ3n) is 2.17. The summed E-state index contributed by atoms with van der Waals surface area (Å²) in [6, 6.07) is 0. The first-order chi connectivity index (χ1) is 4.87. The Morgan fingerprint density at radius 2 is 1.55 bits per heavy atom. The molecule has 0 rings (SSSR count). The van der Waals surface area contributed by atoms with Gasteiger partial charge in [0, 0.05) is 6.42 Å². The van der Waals surface area contributed by atoms with Crippen LogP contribution in [0.5, 0.6) is 0 Å². The topological polar surface area (TPSA) is 0 Å². The van der Waals surface area contributed by atoms with Crippen molar-refractivity contribution < 1.29 is 13.2 Å². The Bertz CT molecular complexity index is 106. The third kappa shape index (κ3) is 5.10. The molecule has 0 saturated heterocycles. The molecule has 0 N–H and O–H groups in total. The van der Waals surface area contributed by atoms with Crippen LogP contribution in [0.1, 0.15) is 33.6 Å². The summed E-state index contributed by atoms with van der Waals surface area (Å²) in [5, 5.41) is 0. The zero-order chi connectivity index (χ0) is 9.07. The molecule has 0 aromatic carbocycles. The lowest BCUT2D eigenvalue weighted by Gasteiger charge is -2.19. The summed E-state index contributed by atoms with van der Waals surface area (Å²) in [5.41, 5.74) is 0. The standard InChI is InChI=1S/C8H15F3/c1-4-6(2)7(3)5-8(9,10)11/h6-7H,4-5H2,1-3H3/t6?,7-/m0/s1. The molecule has 1 unspecified atom stereocenters. The molecule has 0 aliphatic carbocycles. The SMILES string of the molecule is CCC(C)[C@@H](C)CC(F)(F)F. The maximum atomic E-state index is 11.8. The molecular formula is C8H15F3. The van der Waals surface area contributed by atoms with Gasteiger partial charge in [0.05, 0.1) is 0 Å². The quantitative estimate of drug-likeness (QED) is 0.603. The summed E-state index contributed by atoms with van der Waals surface area (Å²) in [5.74, 6) is -0.0865. The number of alkyl halides is 3. The molecule has 0 aliphatic rings. The highest BCUT2D eigenvalue weighted by molar-refractivity contribution is 4.64. The second-order valence-corrected chi connectivity index (χ2v) is 3.18. The van der Waals surface area contributed by atoms with E-state index in [1.54, 1.807) is 6.92 Å². The number of hydrogen-bond acceptors (Lipinski definition) is 0. The summed E-state index contributed by atoms with van der Waals surface area (Å²) >= 11 is 0. The Morgan fingerprint density at radius 1 is 1.09 bits per heavy atom. The lowest BCUT2D eigenvalue weighted by molar-refractivity contribution is -0.146. The maximum Gasteiger partial charge on any atom is 0.389 e. The van der Waals surface area contributed by atoms with E-state index in [2.05, 4.69) is 0 Å². The molecule has 0 aromatic heterocycles. The minimum atomic E-state index is -4.00. The van der Waals surface area contributed by atoms with Crippen molar-refractivity contribution in [2.45, 2.75) is 39.8 Å². The van der Waals surface area contributed by atoms with Gasteiger partial charge in [0.2, 0.25) is 0 Å². The summed E-state index contributed by atoms with van der Waals surface area (Å²) in [4.78, 5) is 0. The van der Waals surface area contributed by atoms with Gasteiger partial charge in [-0.25, -0.2) is 0 Å². The normalized spacial score (nSPS) is 18.0. The van der Waals surface area contributed by atoms with Gasteiger partial charge in [-0.3, -0.25) is 0 Å². The first kappa shape index (κ1) is 10.8. The molecule has 0 spiro atoms. The second kappa shape index (κ2) is 3.98. The van der Waals surface area contributed by atoms with E-state index in [-0.39, 0.29) is 11.8 Å². The van der Waals surface area contributed by atoms with Crippen LogP contribution < -0.4 is 0 Å². The van der Waals surface area contributed by atoms with Crippen LogP contribution >= 0.6 is 0 Å². The van der Waals surface area contributed by atoms with Crippen LogP contribution in [-0.4, -0.2) is 6.18 Å². The van der Waals surface area contributed by atoms with Crippen LogP contribution in [0.25, 0.3) is 0 Å². The average molecular weight is 168 g/mol. The lowest BCUT2D eigenvalue weighted by Crippen LogP contribution is -2.17. The van der Waals surface area contributed by atoms with Gasteiger partial charge < -0.3 is 0 Å². The van der Waals surface area contributed by atoms with E-state index in [0.29, 0.717) is 0 Å². The van der Waals surface area contributed by atoms with Crippen molar-refractivity contribution in [3.05, 3.63) is 0 Å². The van der Waals surface area contributed by atoms with Crippen molar-refractivity contribution >= 4 is 0 Å². The fourth-order valence-electron chi connectivity index (χ4n) is 0.969. The fraction of sp³-hybridized carbons (Fsp3) is 1.00. The van der Waals surface area contributed by atoms with E-state index in [1.165, 1.54) is 0 Å². The van der Waals surface area contributed by atoms with Gasteiger partial charge in [0.25, 0.3) is 0 Å². The molecule has 2 atom stereocenters. The highest BCUT2D eigenvalue weighted by Crippen LogP contribution is 2.29. The third-order valence-corrected chi connectivity index (χ3v) is 2.17. The Labute approximate surface area is 65.8 Å². The van der Waals surface area contributed by atoms with Crippen molar-refractivity contribution in [2.75, 3.05) is 0 Å². The van der Waals surface area contributed by atoms with Gasteiger partial charge in [-0.2, -0.15) is 13.2 Å². The summed E-state index contributed by atoms with van der Waals surface area (Å²) in [6.45, 7) is 5.43. The molecule has 0 fully saturated rings. The van der Waals surface area contributed by atoms with Crippen LogP contribution in [0.2, 0.25) is 0 Å². The van der Waals surface area contributed by atoms with Gasteiger partial charge >= 0.3 is 6.18 Å². The van der Waals surface area contributed by atoms with Gasteiger partial charge in [-0.1, -0.05) is 27.2 Å². The Kier molecular flexibility index (Phi) is 3.90. The molecule has 0 amide bonds. The maximum absolute atomic E-state index is 11.8. The van der Waals surface area contributed by atoms with Crippen LogP contribution in [-0.2, 0) is 0 Å². The molecule has 3 heteroatoms.